The minimum atomic E-state index is 0.725. The summed E-state index contributed by atoms with van der Waals surface area (Å²) in [7, 11) is 0. The third kappa shape index (κ3) is 0.784. The van der Waals surface area contributed by atoms with E-state index < -0.39 is 0 Å². The zero-order valence-electron chi connectivity index (χ0n) is 5.33. The van der Waals surface area contributed by atoms with Crippen LogP contribution in [0.2, 0.25) is 0 Å². The monoisotopic (exact) mass is 122 g/mol. The Morgan fingerprint density at radius 1 is 1.00 bits per heavy atom. The van der Waals surface area contributed by atoms with Crippen LogP contribution >= 0.6 is 0 Å². The molecule has 0 radical (unpaired) electrons. The molecule has 0 saturated heterocycles. The van der Waals surface area contributed by atoms with Crippen molar-refractivity contribution in [2.24, 2.45) is 22.0 Å². The van der Waals surface area contributed by atoms with Gasteiger partial charge in [0.25, 0.3) is 0 Å². The van der Waals surface area contributed by atoms with Crippen LogP contribution in [0, 0.1) is 11.8 Å². The van der Waals surface area contributed by atoms with Gasteiger partial charge in [-0.25, -0.2) is 0 Å². The van der Waals surface area contributed by atoms with Crippen LogP contribution in [0.4, 0.5) is 0 Å². The predicted octanol–water partition coefficient (Wildman–Crippen LogP) is 1.47. The Kier molecular flexibility index (Phi) is 1.11. The van der Waals surface area contributed by atoms with E-state index in [1.54, 1.807) is 0 Å². The zero-order valence-corrected chi connectivity index (χ0v) is 5.33. The van der Waals surface area contributed by atoms with Crippen molar-refractivity contribution in [2.45, 2.75) is 19.3 Å². The molecule has 0 amide bonds. The molecule has 0 spiro atoms. The van der Waals surface area contributed by atoms with Gasteiger partial charge in [0.15, 0.2) is 0 Å². The molecule has 2 rings (SSSR count). The van der Waals surface area contributed by atoms with Crippen LogP contribution in [-0.2, 0) is 0 Å². The van der Waals surface area contributed by atoms with Crippen LogP contribution in [-0.4, -0.2) is 12.4 Å². The van der Waals surface area contributed by atoms with Crippen LogP contribution < -0.4 is 0 Å². The number of hydrogen-bond acceptors (Lipinski definition) is 2. The maximum absolute atomic E-state index is 3.86. The molecule has 2 aliphatic rings. The van der Waals surface area contributed by atoms with E-state index in [2.05, 4.69) is 10.2 Å². The summed E-state index contributed by atoms with van der Waals surface area (Å²) in [6.07, 6.45) is 7.99. The molecule has 1 heterocycles. The van der Waals surface area contributed by atoms with Gasteiger partial charge in [0, 0.05) is 24.3 Å². The minimum absolute atomic E-state index is 0.725. The SMILES string of the molecule is C1=NN=CC2CCCC12. The Balaban J connectivity index is 2.18. The molecule has 0 N–H and O–H groups in total. The molecule has 0 aromatic heterocycles. The van der Waals surface area contributed by atoms with Crippen molar-refractivity contribution < 1.29 is 0 Å². The molecule has 0 bridgehead atoms. The normalized spacial score (nSPS) is 39.1. The lowest BCUT2D eigenvalue weighted by Gasteiger charge is -2.10. The second-order valence-electron chi connectivity index (χ2n) is 2.79. The number of rotatable bonds is 0. The maximum Gasteiger partial charge on any atom is 0.0307 e. The summed E-state index contributed by atoms with van der Waals surface area (Å²) in [5.74, 6) is 1.45. The third-order valence-corrected chi connectivity index (χ3v) is 2.21. The largest absolute Gasteiger partial charge is 0.164 e. The molecule has 2 nitrogen and oxygen atoms in total. The molecule has 1 aliphatic carbocycles. The first-order valence-electron chi connectivity index (χ1n) is 3.53. The van der Waals surface area contributed by atoms with Crippen LogP contribution in [0.25, 0.3) is 0 Å². The van der Waals surface area contributed by atoms with Crippen LogP contribution in [0.1, 0.15) is 19.3 Å². The summed E-state index contributed by atoms with van der Waals surface area (Å²) in [6, 6.07) is 0. The number of hydrogen-bond donors (Lipinski definition) is 0. The van der Waals surface area contributed by atoms with Crippen molar-refractivity contribution in [2.75, 3.05) is 0 Å². The Morgan fingerprint density at radius 2 is 1.56 bits per heavy atom. The van der Waals surface area contributed by atoms with E-state index in [1.807, 2.05) is 12.4 Å². The lowest BCUT2D eigenvalue weighted by Crippen LogP contribution is -2.12. The lowest BCUT2D eigenvalue weighted by atomic mass is 9.98. The Hall–Kier alpha value is -0.660. The second-order valence-corrected chi connectivity index (χ2v) is 2.79. The number of fused-ring (bicyclic) bond motifs is 1. The van der Waals surface area contributed by atoms with Gasteiger partial charge in [-0.2, -0.15) is 10.2 Å². The predicted molar refractivity (Wildman–Crippen MR) is 37.8 cm³/mol. The van der Waals surface area contributed by atoms with Gasteiger partial charge >= 0.3 is 0 Å². The van der Waals surface area contributed by atoms with Gasteiger partial charge in [0.05, 0.1) is 0 Å². The van der Waals surface area contributed by atoms with E-state index in [0.717, 1.165) is 11.8 Å². The van der Waals surface area contributed by atoms with Crippen LogP contribution in [0.15, 0.2) is 10.2 Å². The average Bonchev–Trinajstić information content (AvgIpc) is 2.33. The van der Waals surface area contributed by atoms with Crippen molar-refractivity contribution in [3.8, 4) is 0 Å². The Bertz CT molecular complexity index is 142. The van der Waals surface area contributed by atoms with Crippen LogP contribution in [0.3, 0.4) is 0 Å². The molecule has 0 aromatic carbocycles. The Labute approximate surface area is 54.7 Å². The van der Waals surface area contributed by atoms with Gasteiger partial charge in [-0.3, -0.25) is 0 Å². The summed E-state index contributed by atoms with van der Waals surface area (Å²) in [5, 5.41) is 7.73. The van der Waals surface area contributed by atoms with Crippen molar-refractivity contribution >= 4 is 12.4 Å². The van der Waals surface area contributed by atoms with E-state index >= 15 is 0 Å². The van der Waals surface area contributed by atoms with E-state index in [1.165, 1.54) is 19.3 Å². The van der Waals surface area contributed by atoms with Gasteiger partial charge in [0.1, 0.15) is 0 Å². The van der Waals surface area contributed by atoms with Gasteiger partial charge in [-0.15, -0.1) is 0 Å². The summed E-state index contributed by atoms with van der Waals surface area (Å²) in [4.78, 5) is 0. The summed E-state index contributed by atoms with van der Waals surface area (Å²) in [6.45, 7) is 0. The van der Waals surface area contributed by atoms with E-state index in [9.17, 15) is 0 Å². The highest BCUT2D eigenvalue weighted by molar-refractivity contribution is 5.75. The second kappa shape index (κ2) is 1.94. The van der Waals surface area contributed by atoms with E-state index in [4.69, 9.17) is 0 Å². The molecule has 48 valence electrons. The molecule has 2 heteroatoms. The Morgan fingerprint density at radius 3 is 2.11 bits per heavy atom. The topological polar surface area (TPSA) is 24.7 Å². The fraction of sp³-hybridized carbons (Fsp3) is 0.714. The first-order chi connectivity index (χ1) is 4.47. The first kappa shape index (κ1) is 5.15. The standard InChI is InChI=1S/C7H10N2/c1-2-6-4-8-9-5-7(6)3-1/h4-7H,1-3H2. The highest BCUT2D eigenvalue weighted by Crippen LogP contribution is 2.30. The summed E-state index contributed by atoms with van der Waals surface area (Å²) >= 11 is 0. The maximum atomic E-state index is 3.86. The molecule has 2 unspecified atom stereocenters. The molecular weight excluding hydrogens is 112 g/mol. The van der Waals surface area contributed by atoms with Crippen LogP contribution in [0.5, 0.6) is 0 Å². The summed E-state index contributed by atoms with van der Waals surface area (Å²) in [5.41, 5.74) is 0. The van der Waals surface area contributed by atoms with Gasteiger partial charge in [0.2, 0.25) is 0 Å². The molecular formula is C7H10N2. The molecule has 0 aromatic rings. The fourth-order valence-electron chi connectivity index (χ4n) is 1.64. The molecule has 9 heavy (non-hydrogen) atoms. The van der Waals surface area contributed by atoms with Crippen molar-refractivity contribution in [3.05, 3.63) is 0 Å². The average molecular weight is 122 g/mol. The van der Waals surface area contributed by atoms with Crippen molar-refractivity contribution in [3.63, 3.8) is 0 Å². The zero-order chi connectivity index (χ0) is 6.10. The quantitative estimate of drug-likeness (QED) is 0.465. The van der Waals surface area contributed by atoms with E-state index in [0.29, 0.717) is 0 Å². The highest BCUT2D eigenvalue weighted by Gasteiger charge is 2.25. The third-order valence-electron chi connectivity index (χ3n) is 2.21. The molecule has 2 atom stereocenters. The molecule has 1 fully saturated rings. The highest BCUT2D eigenvalue weighted by atomic mass is 15.2. The first-order valence-corrected chi connectivity index (χ1v) is 3.53. The van der Waals surface area contributed by atoms with Crippen molar-refractivity contribution in [1.82, 2.24) is 0 Å². The van der Waals surface area contributed by atoms with Gasteiger partial charge < -0.3 is 0 Å². The van der Waals surface area contributed by atoms with E-state index in [-0.39, 0.29) is 0 Å². The smallest absolute Gasteiger partial charge is 0.0307 e. The molecule has 1 saturated carbocycles. The van der Waals surface area contributed by atoms with Crippen molar-refractivity contribution in [1.29, 1.82) is 0 Å². The molecule has 1 aliphatic heterocycles. The number of nitrogens with zero attached hydrogens (tertiary/aromatic N) is 2. The fourth-order valence-corrected chi connectivity index (χ4v) is 1.64. The lowest BCUT2D eigenvalue weighted by molar-refractivity contribution is 0.633. The van der Waals surface area contributed by atoms with Gasteiger partial charge in [-0.1, -0.05) is 6.42 Å². The minimum Gasteiger partial charge on any atom is -0.164 e. The summed E-state index contributed by atoms with van der Waals surface area (Å²) < 4.78 is 0. The van der Waals surface area contributed by atoms with Gasteiger partial charge in [-0.05, 0) is 12.8 Å².